The van der Waals surface area contributed by atoms with E-state index in [4.69, 9.17) is 4.74 Å². The Balaban J connectivity index is 1.96. The van der Waals surface area contributed by atoms with E-state index < -0.39 is 0 Å². The normalized spacial score (nSPS) is 11.0. The number of hydrogen-bond acceptors (Lipinski definition) is 4. The molecule has 1 aromatic carbocycles. The molecule has 0 aliphatic heterocycles. The number of nitrogens with one attached hydrogen (secondary N) is 1. The van der Waals surface area contributed by atoms with Crippen molar-refractivity contribution in [3.63, 3.8) is 0 Å². The van der Waals surface area contributed by atoms with Gasteiger partial charge in [0.15, 0.2) is 0 Å². The second kappa shape index (κ2) is 9.28. The molecule has 2 rings (SSSR count). The van der Waals surface area contributed by atoms with Gasteiger partial charge in [-0.1, -0.05) is 32.0 Å². The predicted molar refractivity (Wildman–Crippen MR) is 94.4 cm³/mol. The summed E-state index contributed by atoms with van der Waals surface area (Å²) in [4.78, 5) is 6.53. The van der Waals surface area contributed by atoms with Crippen molar-refractivity contribution in [2.45, 2.75) is 33.5 Å². The van der Waals surface area contributed by atoms with Crippen LogP contribution in [0.1, 0.15) is 30.5 Å². The summed E-state index contributed by atoms with van der Waals surface area (Å²) in [6.45, 7) is 9.06. The maximum absolute atomic E-state index is 5.57. The van der Waals surface area contributed by atoms with E-state index in [0.29, 0.717) is 0 Å². The average molecular weight is 313 g/mol. The van der Waals surface area contributed by atoms with Crippen molar-refractivity contribution >= 4 is 0 Å². The van der Waals surface area contributed by atoms with Crippen LogP contribution in [0.5, 0.6) is 5.75 Å². The lowest BCUT2D eigenvalue weighted by molar-refractivity contribution is 0.295. The van der Waals surface area contributed by atoms with E-state index in [-0.39, 0.29) is 0 Å². The number of nitrogens with zero attached hydrogens (tertiary/aromatic N) is 2. The fraction of sp³-hybridized carbons (Fsp3) is 0.421. The molecule has 0 fully saturated rings. The van der Waals surface area contributed by atoms with E-state index >= 15 is 0 Å². The van der Waals surface area contributed by atoms with E-state index in [1.807, 2.05) is 12.3 Å². The minimum Gasteiger partial charge on any atom is -0.496 e. The van der Waals surface area contributed by atoms with Crippen LogP contribution in [0.2, 0.25) is 0 Å². The van der Waals surface area contributed by atoms with Crippen LogP contribution in [0.4, 0.5) is 0 Å². The smallest absolute Gasteiger partial charge is 0.123 e. The first-order valence-electron chi connectivity index (χ1n) is 8.24. The summed E-state index contributed by atoms with van der Waals surface area (Å²) in [7, 11) is 1.74. The molecule has 0 saturated heterocycles. The Labute approximate surface area is 139 Å². The van der Waals surface area contributed by atoms with Gasteiger partial charge in [0.2, 0.25) is 0 Å². The Bertz CT molecular complexity index is 582. The van der Waals surface area contributed by atoms with E-state index in [2.05, 4.69) is 53.3 Å². The zero-order valence-electron chi connectivity index (χ0n) is 14.4. The van der Waals surface area contributed by atoms with Gasteiger partial charge >= 0.3 is 0 Å². The summed E-state index contributed by atoms with van der Waals surface area (Å²) in [5.74, 6) is 0.952. The summed E-state index contributed by atoms with van der Waals surface area (Å²) in [5.41, 5.74) is 3.66. The fourth-order valence-corrected chi connectivity index (χ4v) is 2.58. The Kier molecular flexibility index (Phi) is 7.04. The minimum atomic E-state index is 0.781. The number of ether oxygens (including phenoxy) is 1. The monoisotopic (exact) mass is 313 g/mol. The molecule has 0 bridgehead atoms. The summed E-state index contributed by atoms with van der Waals surface area (Å²) >= 11 is 0. The molecule has 0 aliphatic rings. The van der Waals surface area contributed by atoms with Gasteiger partial charge in [0.1, 0.15) is 5.75 Å². The number of hydrogen-bond donors (Lipinski definition) is 1. The first-order valence-corrected chi connectivity index (χ1v) is 8.24. The van der Waals surface area contributed by atoms with Crippen LogP contribution in [0.15, 0.2) is 42.7 Å². The summed E-state index contributed by atoms with van der Waals surface area (Å²) < 4.78 is 5.57. The SMILES string of the molecule is CCN(CC)Cc1ccc(CNCc2cccnc2)c(OC)c1. The molecule has 1 aromatic heterocycles. The molecule has 1 heterocycles. The largest absolute Gasteiger partial charge is 0.496 e. The van der Waals surface area contributed by atoms with E-state index in [9.17, 15) is 0 Å². The number of benzene rings is 1. The van der Waals surface area contributed by atoms with Gasteiger partial charge < -0.3 is 10.1 Å². The molecule has 124 valence electrons. The second-order valence-electron chi connectivity index (χ2n) is 5.57. The molecule has 0 saturated carbocycles. The molecule has 0 atom stereocenters. The van der Waals surface area contributed by atoms with Gasteiger partial charge in [-0.3, -0.25) is 9.88 Å². The van der Waals surface area contributed by atoms with Gasteiger partial charge in [-0.2, -0.15) is 0 Å². The quantitative estimate of drug-likeness (QED) is 0.771. The number of methoxy groups -OCH3 is 1. The second-order valence-corrected chi connectivity index (χ2v) is 5.57. The zero-order chi connectivity index (χ0) is 16.5. The first kappa shape index (κ1) is 17.4. The number of pyridine rings is 1. The van der Waals surface area contributed by atoms with Crippen molar-refractivity contribution in [3.8, 4) is 5.75 Å². The maximum Gasteiger partial charge on any atom is 0.123 e. The lowest BCUT2D eigenvalue weighted by atomic mass is 10.1. The molecule has 0 unspecified atom stereocenters. The van der Waals surface area contributed by atoms with Gasteiger partial charge in [-0.15, -0.1) is 0 Å². The third-order valence-electron chi connectivity index (χ3n) is 4.02. The highest BCUT2D eigenvalue weighted by molar-refractivity contribution is 5.37. The number of aromatic nitrogens is 1. The maximum atomic E-state index is 5.57. The molecule has 1 N–H and O–H groups in total. The lowest BCUT2D eigenvalue weighted by Gasteiger charge is -2.19. The number of rotatable bonds is 9. The molecule has 4 nitrogen and oxygen atoms in total. The molecular weight excluding hydrogens is 286 g/mol. The molecule has 0 amide bonds. The molecule has 0 spiro atoms. The third-order valence-corrected chi connectivity index (χ3v) is 4.02. The Morgan fingerprint density at radius 1 is 1.09 bits per heavy atom. The topological polar surface area (TPSA) is 37.4 Å². The van der Waals surface area contributed by atoms with Crippen LogP contribution in [0, 0.1) is 0 Å². The molecule has 4 heteroatoms. The summed E-state index contributed by atoms with van der Waals surface area (Å²) in [5, 5.41) is 3.44. The standard InChI is InChI=1S/C19H27N3O/c1-4-22(5-2)15-16-8-9-18(19(11-16)23-3)14-21-13-17-7-6-10-20-12-17/h6-12,21H,4-5,13-15H2,1-3H3. The van der Waals surface area contributed by atoms with Crippen LogP contribution >= 0.6 is 0 Å². The van der Waals surface area contributed by atoms with Gasteiger partial charge in [0, 0.05) is 37.6 Å². The van der Waals surface area contributed by atoms with Crippen molar-refractivity contribution in [1.82, 2.24) is 15.2 Å². The van der Waals surface area contributed by atoms with Crippen molar-refractivity contribution < 1.29 is 4.74 Å². The van der Waals surface area contributed by atoms with E-state index in [1.165, 1.54) is 16.7 Å². The van der Waals surface area contributed by atoms with Crippen LogP contribution in [-0.2, 0) is 19.6 Å². The molecule has 0 aliphatic carbocycles. The van der Waals surface area contributed by atoms with Crippen molar-refractivity contribution in [1.29, 1.82) is 0 Å². The van der Waals surface area contributed by atoms with Gasteiger partial charge in [-0.25, -0.2) is 0 Å². The van der Waals surface area contributed by atoms with E-state index in [0.717, 1.165) is 38.5 Å². The predicted octanol–water partition coefficient (Wildman–Crippen LogP) is 3.22. The van der Waals surface area contributed by atoms with Crippen LogP contribution in [-0.4, -0.2) is 30.1 Å². The van der Waals surface area contributed by atoms with Crippen LogP contribution < -0.4 is 10.1 Å². The summed E-state index contributed by atoms with van der Waals surface area (Å²) in [6.07, 6.45) is 3.68. The van der Waals surface area contributed by atoms with Crippen molar-refractivity contribution in [2.75, 3.05) is 20.2 Å². The van der Waals surface area contributed by atoms with Crippen LogP contribution in [0.3, 0.4) is 0 Å². The highest BCUT2D eigenvalue weighted by atomic mass is 16.5. The average Bonchev–Trinajstić information content (AvgIpc) is 2.61. The minimum absolute atomic E-state index is 0.781. The molecule has 23 heavy (non-hydrogen) atoms. The molecular formula is C19H27N3O. The highest BCUT2D eigenvalue weighted by Crippen LogP contribution is 2.21. The van der Waals surface area contributed by atoms with Gasteiger partial charge in [0.05, 0.1) is 7.11 Å². The van der Waals surface area contributed by atoms with Crippen LogP contribution in [0.25, 0.3) is 0 Å². The molecule has 2 aromatic rings. The van der Waals surface area contributed by atoms with Gasteiger partial charge in [0.25, 0.3) is 0 Å². The lowest BCUT2D eigenvalue weighted by Crippen LogP contribution is -2.22. The first-order chi connectivity index (χ1) is 11.3. The molecule has 0 radical (unpaired) electrons. The van der Waals surface area contributed by atoms with E-state index in [1.54, 1.807) is 13.3 Å². The van der Waals surface area contributed by atoms with Gasteiger partial charge in [-0.05, 0) is 36.3 Å². The fourth-order valence-electron chi connectivity index (χ4n) is 2.58. The van der Waals surface area contributed by atoms with Crippen molar-refractivity contribution in [2.24, 2.45) is 0 Å². The Morgan fingerprint density at radius 3 is 2.57 bits per heavy atom. The Morgan fingerprint density at radius 2 is 1.91 bits per heavy atom. The highest BCUT2D eigenvalue weighted by Gasteiger charge is 2.07. The zero-order valence-corrected chi connectivity index (χ0v) is 14.4. The third kappa shape index (κ3) is 5.34. The van der Waals surface area contributed by atoms with Crippen molar-refractivity contribution in [3.05, 3.63) is 59.4 Å². The Hall–Kier alpha value is -1.91. The summed E-state index contributed by atoms with van der Waals surface area (Å²) in [6, 6.07) is 10.5.